The lowest BCUT2D eigenvalue weighted by molar-refractivity contribution is -0.117. The molecule has 2 aromatic heterocycles. The van der Waals surface area contributed by atoms with Gasteiger partial charge >= 0.3 is 0 Å². The lowest BCUT2D eigenvalue weighted by Crippen LogP contribution is -2.24. The topological polar surface area (TPSA) is 96.5 Å². The third-order valence-corrected chi connectivity index (χ3v) is 3.83. The van der Waals surface area contributed by atoms with Crippen LogP contribution in [0.15, 0.2) is 42.7 Å². The molecule has 0 saturated carbocycles. The van der Waals surface area contributed by atoms with Crippen LogP contribution < -0.4 is 5.32 Å². The minimum atomic E-state index is -0.536. The Hall–Kier alpha value is -3.09. The molecule has 1 amide bonds. The summed E-state index contributed by atoms with van der Waals surface area (Å²) in [6, 6.07) is 9.69. The monoisotopic (exact) mass is 322 g/mol. The average Bonchev–Trinajstić information content (AvgIpc) is 3.11. The Morgan fingerprint density at radius 2 is 2.00 bits per heavy atom. The largest absolute Gasteiger partial charge is 0.325 e. The van der Waals surface area contributed by atoms with Crippen molar-refractivity contribution in [2.75, 3.05) is 5.32 Å². The molecule has 7 nitrogen and oxygen atoms in total. The molecule has 2 N–H and O–H groups in total. The van der Waals surface area contributed by atoms with Crippen LogP contribution in [0.25, 0.3) is 0 Å². The predicted octanol–water partition coefficient (Wildman–Crippen LogP) is 2.18. The van der Waals surface area contributed by atoms with Gasteiger partial charge in [-0.05, 0) is 55.2 Å². The van der Waals surface area contributed by atoms with Crippen LogP contribution in [0.1, 0.15) is 28.4 Å². The molecule has 0 aliphatic rings. The number of amides is 1. The fraction of sp³-hybridized carbons (Fsp3) is 0.235. The predicted molar refractivity (Wildman–Crippen MR) is 89.4 cm³/mol. The second kappa shape index (κ2) is 6.99. The van der Waals surface area contributed by atoms with Crippen LogP contribution in [0, 0.1) is 13.8 Å². The van der Waals surface area contributed by atoms with E-state index in [2.05, 4.69) is 30.9 Å². The molecule has 0 radical (unpaired) electrons. The highest BCUT2D eigenvalue weighted by atomic mass is 16.1. The minimum Gasteiger partial charge on any atom is -0.325 e. The quantitative estimate of drug-likeness (QED) is 0.750. The number of H-pyrrole nitrogens is 1. The molecule has 7 heteroatoms. The summed E-state index contributed by atoms with van der Waals surface area (Å²) in [5.74, 6) is -0.331. The molecule has 0 bridgehead atoms. The summed E-state index contributed by atoms with van der Waals surface area (Å²) in [6.45, 7) is 3.95. The van der Waals surface area contributed by atoms with E-state index < -0.39 is 5.92 Å². The van der Waals surface area contributed by atoms with Gasteiger partial charge in [-0.25, -0.2) is 0 Å². The molecule has 0 aliphatic heterocycles. The molecule has 0 spiro atoms. The molecule has 0 fully saturated rings. The third-order valence-electron chi connectivity index (χ3n) is 3.83. The van der Waals surface area contributed by atoms with Crippen LogP contribution in [0.4, 0.5) is 5.69 Å². The molecule has 3 rings (SSSR count). The molecule has 0 aliphatic carbocycles. The molecular formula is C17H18N6O. The molecule has 2 heterocycles. The SMILES string of the molecule is Cc1ccc(C)c(NC(=O)[C@@H](Cc2ccncc2)c2nn[nH]n2)c1. The van der Waals surface area contributed by atoms with Gasteiger partial charge < -0.3 is 5.32 Å². The summed E-state index contributed by atoms with van der Waals surface area (Å²) in [6.07, 6.45) is 3.87. The molecular weight excluding hydrogens is 304 g/mol. The third kappa shape index (κ3) is 3.62. The molecule has 24 heavy (non-hydrogen) atoms. The van der Waals surface area contributed by atoms with Gasteiger partial charge in [0.2, 0.25) is 5.91 Å². The number of pyridine rings is 1. The normalized spacial score (nSPS) is 11.9. The number of aromatic amines is 1. The van der Waals surface area contributed by atoms with Gasteiger partial charge in [-0.1, -0.05) is 17.3 Å². The fourth-order valence-corrected chi connectivity index (χ4v) is 2.46. The molecule has 1 aromatic carbocycles. The number of hydrogen-bond acceptors (Lipinski definition) is 5. The number of benzene rings is 1. The van der Waals surface area contributed by atoms with Crippen LogP contribution in [0.2, 0.25) is 0 Å². The first-order valence-corrected chi connectivity index (χ1v) is 7.64. The van der Waals surface area contributed by atoms with Crippen molar-refractivity contribution in [1.29, 1.82) is 0 Å². The number of nitrogens with zero attached hydrogens (tertiary/aromatic N) is 4. The van der Waals surface area contributed by atoms with E-state index in [1.807, 2.05) is 44.2 Å². The highest BCUT2D eigenvalue weighted by Crippen LogP contribution is 2.22. The van der Waals surface area contributed by atoms with Crippen molar-refractivity contribution in [3.05, 3.63) is 65.2 Å². The molecule has 0 saturated heterocycles. The van der Waals surface area contributed by atoms with Gasteiger partial charge in [0.15, 0.2) is 5.82 Å². The zero-order valence-electron chi connectivity index (χ0n) is 13.5. The summed E-state index contributed by atoms with van der Waals surface area (Å²) >= 11 is 0. The Kier molecular flexibility index (Phi) is 4.60. The van der Waals surface area contributed by atoms with Crippen molar-refractivity contribution in [2.24, 2.45) is 0 Å². The van der Waals surface area contributed by atoms with Crippen molar-refractivity contribution in [1.82, 2.24) is 25.6 Å². The number of carbonyl (C=O) groups is 1. The maximum atomic E-state index is 12.8. The van der Waals surface area contributed by atoms with Crippen LogP contribution in [0.3, 0.4) is 0 Å². The number of aryl methyl sites for hydroxylation is 2. The van der Waals surface area contributed by atoms with Gasteiger partial charge in [0.05, 0.1) is 0 Å². The first kappa shape index (κ1) is 15.8. The summed E-state index contributed by atoms with van der Waals surface area (Å²) in [7, 11) is 0. The highest BCUT2D eigenvalue weighted by Gasteiger charge is 2.25. The van der Waals surface area contributed by atoms with E-state index >= 15 is 0 Å². The van der Waals surface area contributed by atoms with E-state index in [1.165, 1.54) is 0 Å². The van der Waals surface area contributed by atoms with Crippen molar-refractivity contribution >= 4 is 11.6 Å². The van der Waals surface area contributed by atoms with Gasteiger partial charge in [0.1, 0.15) is 5.92 Å². The summed E-state index contributed by atoms with van der Waals surface area (Å²) < 4.78 is 0. The van der Waals surface area contributed by atoms with E-state index in [1.54, 1.807) is 12.4 Å². The molecule has 1 atom stereocenters. The number of tetrazole rings is 1. The van der Waals surface area contributed by atoms with Crippen LogP contribution >= 0.6 is 0 Å². The molecule has 3 aromatic rings. The van der Waals surface area contributed by atoms with Crippen molar-refractivity contribution < 1.29 is 4.79 Å². The van der Waals surface area contributed by atoms with E-state index in [9.17, 15) is 4.79 Å². The summed E-state index contributed by atoms with van der Waals surface area (Å²) in [4.78, 5) is 16.8. The van der Waals surface area contributed by atoms with Gasteiger partial charge in [0.25, 0.3) is 0 Å². The van der Waals surface area contributed by atoms with E-state index in [4.69, 9.17) is 0 Å². The smallest absolute Gasteiger partial charge is 0.235 e. The van der Waals surface area contributed by atoms with Gasteiger partial charge in [-0.3, -0.25) is 9.78 Å². The Morgan fingerprint density at radius 1 is 1.21 bits per heavy atom. The van der Waals surface area contributed by atoms with Gasteiger partial charge in [-0.15, -0.1) is 10.2 Å². The second-order valence-corrected chi connectivity index (χ2v) is 5.69. The van der Waals surface area contributed by atoms with Crippen LogP contribution in [-0.4, -0.2) is 31.5 Å². The van der Waals surface area contributed by atoms with Crippen molar-refractivity contribution in [3.8, 4) is 0 Å². The molecule has 122 valence electrons. The Morgan fingerprint density at radius 3 is 2.71 bits per heavy atom. The zero-order valence-corrected chi connectivity index (χ0v) is 13.5. The highest BCUT2D eigenvalue weighted by molar-refractivity contribution is 5.96. The number of carbonyl (C=O) groups excluding carboxylic acids is 1. The fourth-order valence-electron chi connectivity index (χ4n) is 2.46. The zero-order chi connectivity index (χ0) is 16.9. The van der Waals surface area contributed by atoms with E-state index in [0.29, 0.717) is 12.2 Å². The minimum absolute atomic E-state index is 0.165. The Bertz CT molecular complexity index is 816. The number of nitrogens with one attached hydrogen (secondary N) is 2. The number of rotatable bonds is 5. The first-order chi connectivity index (χ1) is 11.6. The maximum Gasteiger partial charge on any atom is 0.235 e. The van der Waals surface area contributed by atoms with Gasteiger partial charge in [-0.2, -0.15) is 5.21 Å². The lowest BCUT2D eigenvalue weighted by Gasteiger charge is -2.15. The maximum absolute atomic E-state index is 12.8. The van der Waals surface area contributed by atoms with Crippen molar-refractivity contribution in [3.63, 3.8) is 0 Å². The second-order valence-electron chi connectivity index (χ2n) is 5.69. The lowest BCUT2D eigenvalue weighted by atomic mass is 9.98. The Balaban J connectivity index is 1.85. The van der Waals surface area contributed by atoms with Crippen LogP contribution in [-0.2, 0) is 11.2 Å². The van der Waals surface area contributed by atoms with Crippen molar-refractivity contribution in [2.45, 2.75) is 26.2 Å². The number of hydrogen-bond donors (Lipinski definition) is 2. The number of aromatic nitrogens is 5. The van der Waals surface area contributed by atoms with E-state index in [-0.39, 0.29) is 5.91 Å². The summed E-state index contributed by atoms with van der Waals surface area (Å²) in [5.41, 5.74) is 3.87. The van der Waals surface area contributed by atoms with Crippen LogP contribution in [0.5, 0.6) is 0 Å². The first-order valence-electron chi connectivity index (χ1n) is 7.64. The standard InChI is InChI=1S/C17H18N6O/c1-11-3-4-12(2)15(9-11)19-17(24)14(16-20-22-23-21-16)10-13-5-7-18-8-6-13/h3-9,14H,10H2,1-2H3,(H,19,24)(H,20,21,22,23)/t14-/m0/s1. The average molecular weight is 322 g/mol. The number of anilines is 1. The van der Waals surface area contributed by atoms with Gasteiger partial charge in [0, 0.05) is 18.1 Å². The molecule has 0 unspecified atom stereocenters. The summed E-state index contributed by atoms with van der Waals surface area (Å²) in [5, 5.41) is 17.0. The Labute approximate surface area is 139 Å². The van der Waals surface area contributed by atoms with E-state index in [0.717, 1.165) is 22.4 Å².